The van der Waals surface area contributed by atoms with Crippen LogP contribution in [-0.4, -0.2) is 35.4 Å². The Hall–Kier alpha value is -1.21. The second kappa shape index (κ2) is 4.17. The summed E-state index contributed by atoms with van der Waals surface area (Å²) in [7, 11) is 0.665. The molecule has 0 radical (unpaired) electrons. The van der Waals surface area contributed by atoms with Crippen LogP contribution in [0.1, 0.15) is 27.7 Å². The summed E-state index contributed by atoms with van der Waals surface area (Å²) in [5.41, 5.74) is -0.547. The van der Waals surface area contributed by atoms with Crippen LogP contribution in [0.4, 0.5) is 4.39 Å². The summed E-state index contributed by atoms with van der Waals surface area (Å²) >= 11 is 0. The first kappa shape index (κ1) is 13.2. The maximum absolute atomic E-state index is 13.2. The number of hydrogen-bond acceptors (Lipinski definition) is 5. The summed E-state index contributed by atoms with van der Waals surface area (Å²) < 4.78 is 29.5. The van der Waals surface area contributed by atoms with Gasteiger partial charge in [-0.05, 0) is 27.7 Å². The van der Waals surface area contributed by atoms with E-state index in [1.54, 1.807) is 0 Å². The van der Waals surface area contributed by atoms with E-state index in [0.29, 0.717) is 5.59 Å². The first-order valence-electron chi connectivity index (χ1n) is 5.69. The molecule has 0 aromatic carbocycles. The molecule has 0 atom stereocenters. The van der Waals surface area contributed by atoms with Gasteiger partial charge >= 0.3 is 7.12 Å². The third-order valence-corrected chi connectivity index (χ3v) is 3.41. The maximum atomic E-state index is 13.2. The summed E-state index contributed by atoms with van der Waals surface area (Å²) in [5.74, 6) is -0.917. The third-order valence-electron chi connectivity index (χ3n) is 3.41. The molecule has 1 aromatic heterocycles. The number of rotatable bonds is 2. The summed E-state index contributed by atoms with van der Waals surface area (Å²) in [6, 6.07) is 0. The molecule has 0 unspecified atom stereocenters. The van der Waals surface area contributed by atoms with Gasteiger partial charge in [0.15, 0.2) is 0 Å². The van der Waals surface area contributed by atoms with Gasteiger partial charge in [-0.2, -0.15) is 4.39 Å². The molecule has 1 aliphatic rings. The van der Waals surface area contributed by atoms with E-state index in [1.807, 2.05) is 27.7 Å². The Labute approximate surface area is 106 Å². The van der Waals surface area contributed by atoms with Crippen molar-refractivity contribution in [2.45, 2.75) is 38.9 Å². The van der Waals surface area contributed by atoms with Crippen molar-refractivity contribution in [1.29, 1.82) is 0 Å². The molecular formula is C11H16BFN2O3. The SMILES string of the molecule is COc1nc(B2OC(C)(C)C(C)(C)O2)cnc1F. The Bertz CT molecular complexity index is 452. The van der Waals surface area contributed by atoms with Crippen molar-refractivity contribution in [3.8, 4) is 5.88 Å². The minimum Gasteiger partial charge on any atom is -0.478 e. The number of nitrogens with zero attached hydrogens (tertiary/aromatic N) is 2. The zero-order chi connectivity index (χ0) is 13.6. The smallest absolute Gasteiger partial charge is 0.478 e. The van der Waals surface area contributed by atoms with Crippen LogP contribution in [0, 0.1) is 5.95 Å². The predicted octanol–water partition coefficient (Wildman–Crippen LogP) is 0.923. The van der Waals surface area contributed by atoms with Crippen LogP contribution in [0.25, 0.3) is 0 Å². The van der Waals surface area contributed by atoms with Gasteiger partial charge in [0.1, 0.15) is 0 Å². The minimum atomic E-state index is -0.752. The molecule has 0 N–H and O–H groups in total. The molecule has 0 aliphatic carbocycles. The van der Waals surface area contributed by atoms with Crippen LogP contribution in [0.3, 0.4) is 0 Å². The fourth-order valence-electron chi connectivity index (χ4n) is 1.58. The van der Waals surface area contributed by atoms with Crippen LogP contribution in [0.5, 0.6) is 5.88 Å². The summed E-state index contributed by atoms with van der Waals surface area (Å²) in [5, 5.41) is 0. The standard InChI is InChI=1S/C11H16BFN2O3/c1-10(2)11(3,4)18-12(17-10)7-6-14-8(13)9(15-7)16-5/h6H,1-5H3. The van der Waals surface area contributed by atoms with Crippen LogP contribution in [0.2, 0.25) is 0 Å². The lowest BCUT2D eigenvalue weighted by Gasteiger charge is -2.32. The monoisotopic (exact) mass is 254 g/mol. The number of aromatic nitrogens is 2. The van der Waals surface area contributed by atoms with Crippen molar-refractivity contribution < 1.29 is 18.4 Å². The zero-order valence-corrected chi connectivity index (χ0v) is 11.2. The van der Waals surface area contributed by atoms with E-state index in [1.165, 1.54) is 13.3 Å². The van der Waals surface area contributed by atoms with Gasteiger partial charge in [-0.1, -0.05) is 0 Å². The third kappa shape index (κ3) is 2.08. The second-order valence-corrected chi connectivity index (χ2v) is 5.18. The van der Waals surface area contributed by atoms with E-state index in [2.05, 4.69) is 9.97 Å². The van der Waals surface area contributed by atoms with Crippen LogP contribution in [-0.2, 0) is 9.31 Å². The number of ether oxygens (including phenoxy) is 1. The lowest BCUT2D eigenvalue weighted by atomic mass is 9.85. The van der Waals surface area contributed by atoms with E-state index in [0.717, 1.165) is 0 Å². The van der Waals surface area contributed by atoms with Crippen molar-refractivity contribution in [1.82, 2.24) is 9.97 Å². The molecule has 98 valence electrons. The molecule has 0 spiro atoms. The molecule has 2 heterocycles. The van der Waals surface area contributed by atoms with Gasteiger partial charge in [0, 0.05) is 6.20 Å². The van der Waals surface area contributed by atoms with Gasteiger partial charge in [0.25, 0.3) is 11.8 Å². The Morgan fingerprint density at radius 3 is 2.28 bits per heavy atom. The van der Waals surface area contributed by atoms with E-state index in [9.17, 15) is 4.39 Å². The highest BCUT2D eigenvalue weighted by molar-refractivity contribution is 6.61. The Morgan fingerprint density at radius 1 is 1.22 bits per heavy atom. The average molecular weight is 254 g/mol. The molecule has 1 fully saturated rings. The predicted molar refractivity (Wildman–Crippen MR) is 64.3 cm³/mol. The van der Waals surface area contributed by atoms with Crippen LogP contribution in [0.15, 0.2) is 6.20 Å². The lowest BCUT2D eigenvalue weighted by molar-refractivity contribution is 0.00578. The van der Waals surface area contributed by atoms with Crippen molar-refractivity contribution in [3.63, 3.8) is 0 Å². The van der Waals surface area contributed by atoms with E-state index >= 15 is 0 Å². The first-order chi connectivity index (χ1) is 8.27. The van der Waals surface area contributed by atoms with Crippen molar-refractivity contribution in [3.05, 3.63) is 12.1 Å². The van der Waals surface area contributed by atoms with Gasteiger partial charge in [0.2, 0.25) is 0 Å². The zero-order valence-electron chi connectivity index (χ0n) is 11.2. The minimum absolute atomic E-state index is 0.165. The molecule has 7 heteroatoms. The Morgan fingerprint density at radius 2 is 1.78 bits per heavy atom. The summed E-state index contributed by atoms with van der Waals surface area (Å²) in [6.45, 7) is 7.73. The number of hydrogen-bond donors (Lipinski definition) is 0. The average Bonchev–Trinajstić information content (AvgIpc) is 2.49. The fraction of sp³-hybridized carbons (Fsp3) is 0.636. The van der Waals surface area contributed by atoms with E-state index in [4.69, 9.17) is 14.0 Å². The number of methoxy groups -OCH3 is 1. The highest BCUT2D eigenvalue weighted by Gasteiger charge is 2.52. The lowest BCUT2D eigenvalue weighted by Crippen LogP contribution is -2.41. The van der Waals surface area contributed by atoms with Crippen molar-refractivity contribution in [2.75, 3.05) is 7.11 Å². The molecule has 1 aromatic rings. The molecule has 2 rings (SSSR count). The van der Waals surface area contributed by atoms with Gasteiger partial charge in [-0.15, -0.1) is 0 Å². The molecule has 1 aliphatic heterocycles. The summed E-state index contributed by atoms with van der Waals surface area (Å²) in [6.07, 6.45) is 1.29. The molecule has 0 amide bonds. The van der Waals surface area contributed by atoms with Gasteiger partial charge in [-0.3, -0.25) is 0 Å². The second-order valence-electron chi connectivity index (χ2n) is 5.18. The highest BCUT2D eigenvalue weighted by atomic mass is 19.1. The summed E-state index contributed by atoms with van der Waals surface area (Å²) in [4.78, 5) is 7.57. The topological polar surface area (TPSA) is 53.5 Å². The quantitative estimate of drug-likeness (QED) is 0.734. The molecule has 5 nitrogen and oxygen atoms in total. The van der Waals surface area contributed by atoms with Crippen LogP contribution < -0.4 is 10.3 Å². The van der Waals surface area contributed by atoms with Crippen molar-refractivity contribution in [2.24, 2.45) is 0 Å². The van der Waals surface area contributed by atoms with Crippen molar-refractivity contribution >= 4 is 12.7 Å². The first-order valence-corrected chi connectivity index (χ1v) is 5.69. The van der Waals surface area contributed by atoms with Gasteiger partial charge < -0.3 is 14.0 Å². The molecule has 0 saturated carbocycles. The van der Waals surface area contributed by atoms with E-state index in [-0.39, 0.29) is 5.88 Å². The van der Waals surface area contributed by atoms with Gasteiger partial charge in [0.05, 0.1) is 23.9 Å². The molecule has 0 bridgehead atoms. The van der Waals surface area contributed by atoms with Gasteiger partial charge in [-0.25, -0.2) is 9.97 Å². The number of halogens is 1. The van der Waals surface area contributed by atoms with E-state index < -0.39 is 24.3 Å². The Kier molecular flexibility index (Phi) is 3.07. The molecular weight excluding hydrogens is 238 g/mol. The van der Waals surface area contributed by atoms with Crippen LogP contribution >= 0.6 is 0 Å². The molecule has 1 saturated heterocycles. The normalized spacial score (nSPS) is 21.1. The largest absolute Gasteiger partial charge is 0.516 e. The fourth-order valence-corrected chi connectivity index (χ4v) is 1.58. The maximum Gasteiger partial charge on any atom is 0.516 e. The highest BCUT2D eigenvalue weighted by Crippen LogP contribution is 2.36. The molecule has 18 heavy (non-hydrogen) atoms. The Balaban J connectivity index is 2.30.